The van der Waals surface area contributed by atoms with Gasteiger partial charge in [0.2, 0.25) is 12.3 Å². The molecule has 0 saturated carbocycles. The van der Waals surface area contributed by atoms with E-state index in [1.54, 1.807) is 17.1 Å². The quantitative estimate of drug-likeness (QED) is 0.682. The minimum absolute atomic E-state index is 0.420. The fourth-order valence-corrected chi connectivity index (χ4v) is 1.08. The van der Waals surface area contributed by atoms with Crippen molar-refractivity contribution in [1.29, 1.82) is 0 Å². The van der Waals surface area contributed by atoms with Crippen LogP contribution in [-0.4, -0.2) is 20.0 Å². The largest absolute Gasteiger partial charge is 0.425 e. The maximum Gasteiger partial charge on any atom is 0.243 e. The van der Waals surface area contributed by atoms with E-state index in [0.29, 0.717) is 5.89 Å². The second-order valence-corrected chi connectivity index (χ2v) is 3.19. The van der Waals surface area contributed by atoms with E-state index < -0.39 is 5.54 Å². The van der Waals surface area contributed by atoms with Crippen LogP contribution in [0.2, 0.25) is 0 Å². The molecule has 2 rings (SSSR count). The first-order valence-electron chi connectivity index (χ1n) is 3.89. The minimum Gasteiger partial charge on any atom is -0.425 e. The Labute approximate surface area is 75.4 Å². The van der Waals surface area contributed by atoms with Gasteiger partial charge in [-0.25, -0.2) is 0 Å². The van der Waals surface area contributed by atoms with Crippen molar-refractivity contribution in [1.82, 2.24) is 20.0 Å². The van der Waals surface area contributed by atoms with Crippen LogP contribution in [0.3, 0.4) is 0 Å². The van der Waals surface area contributed by atoms with Crippen LogP contribution in [0.5, 0.6) is 0 Å². The molecule has 0 N–H and O–H groups in total. The Morgan fingerprint density at radius 3 is 2.92 bits per heavy atom. The van der Waals surface area contributed by atoms with Gasteiger partial charge in [-0.05, 0) is 13.8 Å². The van der Waals surface area contributed by atoms with Crippen molar-refractivity contribution >= 4 is 0 Å². The fraction of sp³-hybridized carbons (Fsp3) is 0.375. The second-order valence-electron chi connectivity index (χ2n) is 3.19. The molecule has 2 heterocycles. The lowest BCUT2D eigenvalue weighted by Crippen LogP contribution is -2.28. The van der Waals surface area contributed by atoms with Gasteiger partial charge in [0.25, 0.3) is 0 Å². The molecule has 0 aromatic carbocycles. The molecule has 0 bridgehead atoms. The maximum absolute atomic E-state index is 5.13. The van der Waals surface area contributed by atoms with E-state index in [0.717, 1.165) is 0 Å². The first-order valence-corrected chi connectivity index (χ1v) is 3.89. The van der Waals surface area contributed by atoms with Crippen LogP contribution in [0.1, 0.15) is 19.7 Å². The van der Waals surface area contributed by atoms with E-state index >= 15 is 0 Å². The molecule has 2 aromatic rings. The molecule has 0 fully saturated rings. The summed E-state index contributed by atoms with van der Waals surface area (Å²) in [5.41, 5.74) is -0.420. The molecule has 0 aliphatic carbocycles. The summed E-state index contributed by atoms with van der Waals surface area (Å²) in [6, 6.07) is 2.86. The van der Waals surface area contributed by atoms with Crippen LogP contribution >= 0.6 is 0 Å². The monoisotopic (exact) mass is 177 g/mol. The number of nitrogens with zero attached hydrogens (tertiary/aromatic N) is 4. The number of rotatable bonds is 2. The fourth-order valence-electron chi connectivity index (χ4n) is 1.08. The highest BCUT2D eigenvalue weighted by molar-refractivity contribution is 4.99. The van der Waals surface area contributed by atoms with Crippen molar-refractivity contribution in [2.45, 2.75) is 19.4 Å². The van der Waals surface area contributed by atoms with Gasteiger partial charge in [-0.3, -0.25) is 4.68 Å². The van der Waals surface area contributed by atoms with E-state index in [2.05, 4.69) is 21.4 Å². The lowest BCUT2D eigenvalue weighted by molar-refractivity contribution is 0.298. The van der Waals surface area contributed by atoms with Crippen molar-refractivity contribution < 1.29 is 4.42 Å². The van der Waals surface area contributed by atoms with Gasteiger partial charge in [0.1, 0.15) is 5.54 Å². The molecule has 1 radical (unpaired) electrons. The van der Waals surface area contributed by atoms with Crippen molar-refractivity contribution in [3.8, 4) is 0 Å². The van der Waals surface area contributed by atoms with Crippen molar-refractivity contribution in [2.24, 2.45) is 0 Å². The summed E-state index contributed by atoms with van der Waals surface area (Å²) in [7, 11) is 0. The lowest BCUT2D eigenvalue weighted by Gasteiger charge is -2.20. The molecule has 0 aliphatic heterocycles. The second kappa shape index (κ2) is 2.69. The van der Waals surface area contributed by atoms with Crippen LogP contribution in [0.15, 0.2) is 23.2 Å². The molecule has 0 atom stereocenters. The topological polar surface area (TPSA) is 56.7 Å². The summed E-state index contributed by atoms with van der Waals surface area (Å²) in [6.07, 6.45) is 4.65. The van der Waals surface area contributed by atoms with Crippen LogP contribution in [0.25, 0.3) is 0 Å². The summed E-state index contributed by atoms with van der Waals surface area (Å²) in [6.45, 7) is 3.89. The Kier molecular flexibility index (Phi) is 1.65. The zero-order chi connectivity index (χ0) is 9.31. The van der Waals surface area contributed by atoms with Crippen molar-refractivity contribution in [3.63, 3.8) is 0 Å². The molecule has 5 heteroatoms. The number of aromatic nitrogens is 4. The molecule has 2 aromatic heterocycles. The Morgan fingerprint density at radius 1 is 1.54 bits per heavy atom. The molecular formula is C8H9N4O. The standard InChI is InChI=1S/C8H9N4O/c1-8(2,7-11-9-6-13-7)12-5-3-4-10-12/h4-6H,1-2H3. The molecule has 0 aliphatic rings. The normalized spacial score (nSPS) is 11.8. The van der Waals surface area contributed by atoms with Crippen LogP contribution < -0.4 is 0 Å². The van der Waals surface area contributed by atoms with Gasteiger partial charge in [0.15, 0.2) is 0 Å². The molecule has 13 heavy (non-hydrogen) atoms. The lowest BCUT2D eigenvalue weighted by atomic mass is 10.1. The van der Waals surface area contributed by atoms with E-state index in [4.69, 9.17) is 4.42 Å². The van der Waals surface area contributed by atoms with Gasteiger partial charge in [0.05, 0.1) is 6.20 Å². The highest BCUT2D eigenvalue weighted by Crippen LogP contribution is 2.21. The Hall–Kier alpha value is -1.65. The van der Waals surface area contributed by atoms with Gasteiger partial charge in [-0.15, -0.1) is 10.2 Å². The Balaban J connectivity index is 2.42. The zero-order valence-corrected chi connectivity index (χ0v) is 7.43. The molecule has 5 nitrogen and oxygen atoms in total. The van der Waals surface area contributed by atoms with Gasteiger partial charge in [0, 0.05) is 12.3 Å². The van der Waals surface area contributed by atoms with Gasteiger partial charge < -0.3 is 4.42 Å². The van der Waals surface area contributed by atoms with E-state index in [1.807, 2.05) is 13.8 Å². The van der Waals surface area contributed by atoms with E-state index in [-0.39, 0.29) is 0 Å². The van der Waals surface area contributed by atoms with Crippen molar-refractivity contribution in [2.75, 3.05) is 0 Å². The summed E-state index contributed by atoms with van der Waals surface area (Å²) < 4.78 is 6.85. The SMILES string of the molecule is CC(C)(c1nnco1)n1c[c]cn1. The molecule has 0 spiro atoms. The van der Waals surface area contributed by atoms with Gasteiger partial charge in [-0.2, -0.15) is 5.10 Å². The van der Waals surface area contributed by atoms with Gasteiger partial charge >= 0.3 is 0 Å². The summed E-state index contributed by atoms with van der Waals surface area (Å²) in [5.74, 6) is 0.532. The predicted molar refractivity (Wildman–Crippen MR) is 43.8 cm³/mol. The summed E-state index contributed by atoms with van der Waals surface area (Å²) in [4.78, 5) is 0. The third-order valence-corrected chi connectivity index (χ3v) is 1.91. The Morgan fingerprint density at radius 2 is 2.38 bits per heavy atom. The van der Waals surface area contributed by atoms with Gasteiger partial charge in [-0.1, -0.05) is 0 Å². The Bertz CT molecular complexity index is 327. The third-order valence-electron chi connectivity index (χ3n) is 1.91. The highest BCUT2D eigenvalue weighted by Gasteiger charge is 2.28. The molecule has 0 amide bonds. The first-order chi connectivity index (χ1) is 6.21. The number of hydrogen-bond acceptors (Lipinski definition) is 4. The zero-order valence-electron chi connectivity index (χ0n) is 7.43. The van der Waals surface area contributed by atoms with E-state index in [1.165, 1.54) is 6.39 Å². The minimum atomic E-state index is -0.420. The molecule has 0 saturated heterocycles. The smallest absolute Gasteiger partial charge is 0.243 e. The number of hydrogen-bond donors (Lipinski definition) is 0. The average molecular weight is 177 g/mol. The van der Waals surface area contributed by atoms with Crippen molar-refractivity contribution in [3.05, 3.63) is 30.7 Å². The predicted octanol–water partition coefficient (Wildman–Crippen LogP) is 0.850. The van der Waals surface area contributed by atoms with E-state index in [9.17, 15) is 0 Å². The third kappa shape index (κ3) is 1.22. The van der Waals surface area contributed by atoms with Crippen LogP contribution in [-0.2, 0) is 5.54 Å². The molecular weight excluding hydrogens is 168 g/mol. The van der Waals surface area contributed by atoms with Crippen LogP contribution in [0, 0.1) is 6.07 Å². The van der Waals surface area contributed by atoms with Crippen LogP contribution in [0.4, 0.5) is 0 Å². The highest BCUT2D eigenvalue weighted by atomic mass is 16.4. The molecule has 67 valence electrons. The first kappa shape index (κ1) is 7.97. The molecule has 0 unspecified atom stereocenters. The average Bonchev–Trinajstić information content (AvgIpc) is 2.78. The summed E-state index contributed by atoms with van der Waals surface area (Å²) in [5, 5.41) is 11.6. The maximum atomic E-state index is 5.13. The summed E-state index contributed by atoms with van der Waals surface area (Å²) >= 11 is 0.